The van der Waals surface area contributed by atoms with Crippen molar-refractivity contribution in [3.05, 3.63) is 168 Å². The summed E-state index contributed by atoms with van der Waals surface area (Å²) >= 11 is 1.82. The Labute approximate surface area is 290 Å². The van der Waals surface area contributed by atoms with Crippen LogP contribution in [0.25, 0.3) is 74.4 Å². The van der Waals surface area contributed by atoms with E-state index in [0.29, 0.717) is 5.84 Å². The fraction of sp³-hybridized carbons (Fsp3) is 0.0222. The summed E-state index contributed by atoms with van der Waals surface area (Å²) in [6.45, 7) is 0. The summed E-state index contributed by atoms with van der Waals surface area (Å²) in [5, 5.41) is 15.7. The predicted octanol–water partition coefficient (Wildman–Crippen LogP) is 11.9. The lowest BCUT2D eigenvalue weighted by atomic mass is 9.93. The van der Waals surface area contributed by atoms with Crippen LogP contribution in [0.3, 0.4) is 0 Å². The molecule has 8 aromatic carbocycles. The van der Waals surface area contributed by atoms with E-state index < -0.39 is 0 Å². The normalized spacial score (nSPS) is 15.0. The molecule has 1 unspecified atom stereocenters. The topological polar surface area (TPSA) is 49.9 Å². The van der Waals surface area contributed by atoms with Crippen LogP contribution in [0.4, 0.5) is 0 Å². The molecule has 11 rings (SSSR count). The van der Waals surface area contributed by atoms with Gasteiger partial charge in [0.2, 0.25) is 0 Å². The minimum Gasteiger partial charge on any atom is -0.456 e. The third-order valence-corrected chi connectivity index (χ3v) is 11.3. The van der Waals surface area contributed by atoms with Gasteiger partial charge in [-0.3, -0.25) is 0 Å². The van der Waals surface area contributed by atoms with Gasteiger partial charge in [-0.25, -0.2) is 9.98 Å². The molecular formula is C45H27N3OS. The number of rotatable bonds is 3. The third-order valence-electron chi connectivity index (χ3n) is 10.1. The van der Waals surface area contributed by atoms with Gasteiger partial charge in [0.15, 0.2) is 5.84 Å². The number of nitrogens with zero attached hydrogens (tertiary/aromatic N) is 2. The van der Waals surface area contributed by atoms with Gasteiger partial charge in [-0.1, -0.05) is 127 Å². The molecule has 2 aromatic heterocycles. The summed E-state index contributed by atoms with van der Waals surface area (Å²) in [7, 11) is 0. The second kappa shape index (κ2) is 10.6. The van der Waals surface area contributed by atoms with Crippen molar-refractivity contribution >= 4 is 97.4 Å². The van der Waals surface area contributed by atoms with Gasteiger partial charge in [-0.2, -0.15) is 0 Å². The lowest BCUT2D eigenvalue weighted by Gasteiger charge is -2.25. The van der Waals surface area contributed by atoms with Crippen LogP contribution in [-0.2, 0) is 0 Å². The van der Waals surface area contributed by atoms with Crippen molar-refractivity contribution in [2.75, 3.05) is 0 Å². The molecule has 0 aliphatic carbocycles. The van der Waals surface area contributed by atoms with Crippen LogP contribution in [0.2, 0.25) is 0 Å². The summed E-state index contributed by atoms with van der Waals surface area (Å²) in [4.78, 5) is 10.8. The molecule has 1 aliphatic heterocycles. The zero-order valence-electron chi connectivity index (χ0n) is 26.7. The quantitative estimate of drug-likeness (QED) is 0.192. The molecule has 0 saturated carbocycles. The van der Waals surface area contributed by atoms with Crippen molar-refractivity contribution in [1.29, 1.82) is 0 Å². The van der Waals surface area contributed by atoms with Crippen LogP contribution >= 0.6 is 11.3 Å². The van der Waals surface area contributed by atoms with Gasteiger partial charge in [-0.05, 0) is 56.6 Å². The Balaban J connectivity index is 1.19. The van der Waals surface area contributed by atoms with E-state index in [4.69, 9.17) is 14.4 Å². The van der Waals surface area contributed by atoms with Crippen molar-refractivity contribution in [1.82, 2.24) is 5.32 Å². The van der Waals surface area contributed by atoms with Crippen LogP contribution < -0.4 is 5.32 Å². The summed E-state index contributed by atoms with van der Waals surface area (Å²) in [6, 6.07) is 53.8. The number of thiophene rings is 1. The monoisotopic (exact) mass is 657 g/mol. The molecule has 234 valence electrons. The van der Waals surface area contributed by atoms with E-state index in [2.05, 4.69) is 133 Å². The van der Waals surface area contributed by atoms with E-state index in [-0.39, 0.29) is 6.17 Å². The lowest BCUT2D eigenvalue weighted by Crippen LogP contribution is -2.33. The maximum absolute atomic E-state index is 6.32. The van der Waals surface area contributed by atoms with Crippen molar-refractivity contribution in [3.63, 3.8) is 0 Å². The highest BCUT2D eigenvalue weighted by molar-refractivity contribution is 7.25. The maximum atomic E-state index is 6.32. The molecule has 1 aliphatic rings. The number of furan rings is 1. The number of hydrogen-bond donors (Lipinski definition) is 1. The van der Waals surface area contributed by atoms with E-state index >= 15 is 0 Å². The van der Waals surface area contributed by atoms with E-state index in [1.807, 2.05) is 35.6 Å². The van der Waals surface area contributed by atoms with Crippen molar-refractivity contribution in [2.45, 2.75) is 6.17 Å². The van der Waals surface area contributed by atoms with Gasteiger partial charge in [0, 0.05) is 47.6 Å². The standard InChI is InChI=1S/C45H27N3OS/c1-2-11-28-26(10-1)22-23-27-24-25-29-30(40(27)28)14-7-15-31(29)43-46-44(34-16-8-19-37-41(34)32-12-3-5-18-36(32)49-37)48-45(47-43)35-17-9-21-39-42(35)33-13-4-6-20-38(33)50-39/h1-25,43H,(H,46,47,48). The molecule has 1 N–H and O–H groups in total. The zero-order valence-corrected chi connectivity index (χ0v) is 27.5. The molecule has 3 heterocycles. The first-order valence-electron chi connectivity index (χ1n) is 16.9. The van der Waals surface area contributed by atoms with Crippen molar-refractivity contribution in [2.24, 2.45) is 9.98 Å². The number of aliphatic imine (C=N–C) groups is 2. The summed E-state index contributed by atoms with van der Waals surface area (Å²) in [5.74, 6) is 1.49. The van der Waals surface area contributed by atoms with E-state index in [0.717, 1.165) is 44.5 Å². The van der Waals surface area contributed by atoms with Gasteiger partial charge in [0.1, 0.15) is 23.2 Å². The Morgan fingerprint density at radius 1 is 0.480 bits per heavy atom. The second-order valence-corrected chi connectivity index (χ2v) is 14.0. The van der Waals surface area contributed by atoms with Crippen LogP contribution in [0.15, 0.2) is 166 Å². The molecule has 1 atom stereocenters. The molecule has 0 amide bonds. The number of hydrogen-bond acceptors (Lipinski definition) is 5. The average molecular weight is 658 g/mol. The number of fused-ring (bicyclic) bond motifs is 11. The molecule has 0 bridgehead atoms. The number of benzene rings is 8. The Hall–Kier alpha value is -6.30. The number of nitrogens with one attached hydrogen (secondary N) is 1. The first-order valence-corrected chi connectivity index (χ1v) is 17.7. The number of amidine groups is 2. The minimum atomic E-state index is -0.387. The van der Waals surface area contributed by atoms with Crippen LogP contribution in [0.1, 0.15) is 22.9 Å². The van der Waals surface area contributed by atoms with Gasteiger partial charge in [0.05, 0.1) is 0 Å². The number of para-hydroxylation sites is 1. The zero-order chi connectivity index (χ0) is 32.8. The molecule has 0 radical (unpaired) electrons. The Morgan fingerprint density at radius 2 is 1.18 bits per heavy atom. The largest absolute Gasteiger partial charge is 0.456 e. The van der Waals surface area contributed by atoms with Crippen molar-refractivity contribution < 1.29 is 4.42 Å². The molecule has 0 fully saturated rings. The fourth-order valence-electron chi connectivity index (χ4n) is 7.93. The molecule has 10 aromatic rings. The third kappa shape index (κ3) is 4.04. The molecule has 5 heteroatoms. The van der Waals surface area contributed by atoms with Crippen LogP contribution in [-0.4, -0.2) is 11.7 Å². The fourth-order valence-corrected chi connectivity index (χ4v) is 9.06. The predicted molar refractivity (Wildman–Crippen MR) is 211 cm³/mol. The maximum Gasteiger partial charge on any atom is 0.160 e. The molecule has 50 heavy (non-hydrogen) atoms. The van der Waals surface area contributed by atoms with Gasteiger partial charge < -0.3 is 9.73 Å². The molecule has 4 nitrogen and oxygen atoms in total. The van der Waals surface area contributed by atoms with E-state index in [1.54, 1.807) is 0 Å². The average Bonchev–Trinajstić information content (AvgIpc) is 3.76. The minimum absolute atomic E-state index is 0.387. The summed E-state index contributed by atoms with van der Waals surface area (Å²) < 4.78 is 8.82. The van der Waals surface area contributed by atoms with E-state index in [1.165, 1.54) is 52.5 Å². The highest BCUT2D eigenvalue weighted by atomic mass is 32.1. The summed E-state index contributed by atoms with van der Waals surface area (Å²) in [5.41, 5.74) is 4.81. The summed E-state index contributed by atoms with van der Waals surface area (Å²) in [6.07, 6.45) is -0.387. The molecule has 0 spiro atoms. The Kier molecular flexibility index (Phi) is 5.86. The Bertz CT molecular complexity index is 3090. The smallest absolute Gasteiger partial charge is 0.160 e. The second-order valence-electron chi connectivity index (χ2n) is 12.9. The van der Waals surface area contributed by atoms with Crippen LogP contribution in [0, 0.1) is 0 Å². The van der Waals surface area contributed by atoms with Crippen molar-refractivity contribution in [3.8, 4) is 0 Å². The molecular weight excluding hydrogens is 631 g/mol. The van der Waals surface area contributed by atoms with Gasteiger partial charge in [-0.15, -0.1) is 11.3 Å². The highest BCUT2D eigenvalue weighted by Gasteiger charge is 2.26. The first kappa shape index (κ1) is 27.6. The van der Waals surface area contributed by atoms with Crippen LogP contribution in [0.5, 0.6) is 0 Å². The first-order chi connectivity index (χ1) is 24.8. The molecule has 0 saturated heterocycles. The van der Waals surface area contributed by atoms with Gasteiger partial charge >= 0.3 is 0 Å². The lowest BCUT2D eigenvalue weighted by molar-refractivity contribution is 0.668. The highest BCUT2D eigenvalue weighted by Crippen LogP contribution is 2.40. The SMILES string of the molecule is c1ccc2c(c1)ccc1ccc3c(C4N=C(c5cccc6oc7ccccc7c56)N=C(c5cccc6sc7ccccc7c56)N4)cccc3c12. The Morgan fingerprint density at radius 3 is 2.14 bits per heavy atom. The van der Waals surface area contributed by atoms with Gasteiger partial charge in [0.25, 0.3) is 0 Å². The van der Waals surface area contributed by atoms with E-state index in [9.17, 15) is 0 Å².